The first kappa shape index (κ1) is 46.4. The number of rotatable bonds is 12. The summed E-state index contributed by atoms with van der Waals surface area (Å²) < 4.78 is 36.3. The van der Waals surface area contributed by atoms with Crippen LogP contribution in [0.3, 0.4) is 0 Å². The van der Waals surface area contributed by atoms with Crippen molar-refractivity contribution in [1.29, 1.82) is 0 Å². The average molecular weight is 896 g/mol. The minimum Gasteiger partial charge on any atom is -0.465 e. The second-order valence-electron chi connectivity index (χ2n) is 24.4. The summed E-state index contributed by atoms with van der Waals surface area (Å²) in [4.78, 5) is 26.6. The van der Waals surface area contributed by atoms with E-state index >= 15 is 0 Å². The number of allylic oxidation sites excluding steroid dienone is 5. The fraction of sp³-hybridized carbons (Fsp3) is 0.750. The molecule has 6 saturated carbocycles. The Labute approximate surface area is 386 Å². The Morgan fingerprint density at radius 1 is 0.844 bits per heavy atom. The minimum absolute atomic E-state index is 0.00608. The lowest BCUT2D eigenvalue weighted by Crippen LogP contribution is -2.68. The van der Waals surface area contributed by atoms with E-state index in [1.54, 1.807) is 12.1 Å². The van der Waals surface area contributed by atoms with Gasteiger partial charge in [0.1, 0.15) is 21.9 Å². The highest BCUT2D eigenvalue weighted by molar-refractivity contribution is 7.91. The molecule has 8 aliphatic rings. The molecule has 1 aromatic rings. The maximum Gasteiger partial charge on any atom is 0.338 e. The van der Waals surface area contributed by atoms with Gasteiger partial charge in [-0.15, -0.1) is 0 Å². The van der Waals surface area contributed by atoms with Gasteiger partial charge in [0, 0.05) is 11.8 Å². The maximum absolute atomic E-state index is 13.6. The third kappa shape index (κ3) is 7.29. The molecule has 0 radical (unpaired) electrons. The largest absolute Gasteiger partial charge is 0.465 e. The fourth-order valence-electron chi connectivity index (χ4n) is 17.6. The summed E-state index contributed by atoms with van der Waals surface area (Å²) in [5, 5.41) is 4.25. The van der Waals surface area contributed by atoms with Crippen LogP contribution < -0.4 is 5.32 Å². The fourth-order valence-corrected chi connectivity index (χ4v) is 18.7. The molecule has 0 aromatic heterocycles. The Hall–Kier alpha value is -2.71. The molecule has 0 aliphatic heterocycles. The van der Waals surface area contributed by atoms with Gasteiger partial charge in [0.25, 0.3) is 0 Å². The van der Waals surface area contributed by atoms with Crippen LogP contribution in [0.2, 0.25) is 0 Å². The molecule has 1 aromatic carbocycles. The Morgan fingerprint density at radius 2 is 1.61 bits per heavy atom. The van der Waals surface area contributed by atoms with Gasteiger partial charge in [-0.25, -0.2) is 13.2 Å². The van der Waals surface area contributed by atoms with Crippen molar-refractivity contribution in [3.8, 4) is 0 Å². The van der Waals surface area contributed by atoms with Crippen LogP contribution in [0.4, 0.5) is 0 Å². The van der Waals surface area contributed by atoms with Crippen LogP contribution in [-0.4, -0.2) is 57.2 Å². The van der Waals surface area contributed by atoms with Crippen molar-refractivity contribution in [2.45, 2.75) is 168 Å². The summed E-state index contributed by atoms with van der Waals surface area (Å²) in [6.07, 6.45) is 24.8. The summed E-state index contributed by atoms with van der Waals surface area (Å²) in [6, 6.07) is 9.03. The number of fused-ring (bicyclic) bond motifs is 8. The number of hydrogen-bond acceptors (Lipinski definition) is 7. The lowest BCUT2D eigenvalue weighted by Gasteiger charge is -2.72. The number of carbonyl (C=O) groups is 2. The van der Waals surface area contributed by atoms with Crippen molar-refractivity contribution in [2.75, 3.05) is 26.0 Å². The number of carbonyl (C=O) groups excluding carboxylic acids is 2. The van der Waals surface area contributed by atoms with E-state index < -0.39 is 21.2 Å². The Morgan fingerprint density at radius 3 is 2.28 bits per heavy atom. The molecular weight excluding hydrogens is 815 g/mol. The number of benzene rings is 1. The predicted octanol–water partition coefficient (Wildman–Crippen LogP) is 12.0. The molecule has 8 aliphatic carbocycles. The van der Waals surface area contributed by atoms with Crippen molar-refractivity contribution in [1.82, 2.24) is 5.32 Å². The lowest BCUT2D eigenvalue weighted by atomic mass is 9.33. The van der Waals surface area contributed by atoms with Crippen molar-refractivity contribution in [3.63, 3.8) is 0 Å². The van der Waals surface area contributed by atoms with Crippen molar-refractivity contribution in [3.05, 3.63) is 71.3 Å². The summed E-state index contributed by atoms with van der Waals surface area (Å²) in [5.74, 6) is 3.03. The summed E-state index contributed by atoms with van der Waals surface area (Å²) in [7, 11) is -2.95. The topological polar surface area (TPSA) is 98.8 Å². The molecule has 1 unspecified atom stereocenters. The molecule has 13 atom stereocenters. The SMILES string of the molecule is C=C(C)[C@@H]1CC[C@]2(NCC[C@]34CC[C@@H](S(C)(=O)=O)CC3C4)CC[C@]3(C)[C@H](CC[C@@H]4[C@@]5(C)CC=C(C6=CC[C@@](COC(=O)c7ccccc7)(C(=O)OCC)CC6)C(C)(C)[C@@H]5CC[C@]43C)[C@@H]12. The molecule has 8 heteroatoms. The van der Waals surface area contributed by atoms with Crippen molar-refractivity contribution in [2.24, 2.45) is 68.0 Å². The molecule has 0 bridgehead atoms. The summed E-state index contributed by atoms with van der Waals surface area (Å²) in [6.45, 7) is 23.4. The van der Waals surface area contributed by atoms with Gasteiger partial charge in [-0.1, -0.05) is 77.1 Å². The number of esters is 2. The van der Waals surface area contributed by atoms with Crippen LogP contribution in [0.5, 0.6) is 0 Å². The van der Waals surface area contributed by atoms with Gasteiger partial charge >= 0.3 is 11.9 Å². The van der Waals surface area contributed by atoms with Gasteiger partial charge in [0.05, 0.1) is 17.4 Å². The zero-order valence-corrected chi connectivity index (χ0v) is 41.6. The van der Waals surface area contributed by atoms with Gasteiger partial charge in [0.2, 0.25) is 0 Å². The number of sulfone groups is 1. The number of ether oxygens (including phenoxy) is 2. The number of nitrogens with one attached hydrogen (secondary N) is 1. The molecule has 7 nitrogen and oxygen atoms in total. The summed E-state index contributed by atoms with van der Waals surface area (Å²) >= 11 is 0. The molecular formula is C56H81NO6S. The third-order valence-corrected chi connectivity index (χ3v) is 23.0. The predicted molar refractivity (Wildman–Crippen MR) is 256 cm³/mol. The molecule has 0 spiro atoms. The number of hydrogen-bond donors (Lipinski definition) is 1. The van der Waals surface area contributed by atoms with E-state index in [0.29, 0.717) is 65.9 Å². The molecule has 352 valence electrons. The van der Waals surface area contributed by atoms with E-state index in [0.717, 1.165) is 38.6 Å². The van der Waals surface area contributed by atoms with Gasteiger partial charge in [-0.3, -0.25) is 4.79 Å². The van der Waals surface area contributed by atoms with Crippen LogP contribution in [-0.2, 0) is 24.1 Å². The Kier molecular flexibility index (Phi) is 11.8. The van der Waals surface area contributed by atoms with Crippen molar-refractivity contribution >= 4 is 21.8 Å². The van der Waals surface area contributed by atoms with Gasteiger partial charge in [0.15, 0.2) is 0 Å². The minimum atomic E-state index is -2.95. The van der Waals surface area contributed by atoms with Crippen LogP contribution in [0.25, 0.3) is 0 Å². The zero-order valence-electron chi connectivity index (χ0n) is 40.8. The smallest absolute Gasteiger partial charge is 0.338 e. The molecule has 0 saturated heterocycles. The van der Waals surface area contributed by atoms with Crippen LogP contribution in [0.1, 0.15) is 168 Å². The monoisotopic (exact) mass is 896 g/mol. The second-order valence-corrected chi connectivity index (χ2v) is 26.8. The zero-order chi connectivity index (χ0) is 45.7. The van der Waals surface area contributed by atoms with Crippen LogP contribution >= 0.6 is 0 Å². The van der Waals surface area contributed by atoms with Crippen LogP contribution in [0, 0.1) is 68.0 Å². The van der Waals surface area contributed by atoms with Crippen LogP contribution in [0.15, 0.2) is 65.8 Å². The van der Waals surface area contributed by atoms with E-state index in [9.17, 15) is 18.0 Å². The normalized spacial score (nSPS) is 43.2. The first-order valence-corrected chi connectivity index (χ1v) is 27.5. The quantitative estimate of drug-likeness (QED) is 0.165. The van der Waals surface area contributed by atoms with E-state index in [2.05, 4.69) is 65.6 Å². The average Bonchev–Trinajstić information content (AvgIpc) is 3.85. The lowest BCUT2D eigenvalue weighted by molar-refractivity contribution is -0.221. The van der Waals surface area contributed by atoms with Gasteiger partial charge in [-0.05, 0) is 215 Å². The van der Waals surface area contributed by atoms with Crippen molar-refractivity contribution < 1.29 is 27.5 Å². The molecule has 1 N–H and O–H groups in total. The maximum atomic E-state index is 13.6. The van der Waals surface area contributed by atoms with E-state index in [1.807, 2.05) is 25.1 Å². The molecule has 6 fully saturated rings. The molecule has 0 amide bonds. The highest BCUT2D eigenvalue weighted by atomic mass is 32.2. The van der Waals surface area contributed by atoms with E-state index in [-0.39, 0.29) is 45.0 Å². The first-order chi connectivity index (χ1) is 30.2. The third-order valence-electron chi connectivity index (χ3n) is 21.4. The standard InChI is InChI=1S/C56H81NO6S/c1-10-62-49(59)55(36-63-48(58)39-14-12-11-13-15-39)26-18-38(19-27-55)43-22-24-51(6)45(50(43,4)5)23-25-53(8)46(51)17-16-44-47-42(37(2)3)21-29-56(47,31-30-52(44,53)7)57-33-32-54-28-20-41(64(9,60)61)34-40(54)35-54/h11-15,18,22,40-42,44-47,57H,2,10,16-17,19-21,23-36H2,1,3-9H3/t40?,41-,42+,44-,45+,46-,47-,51+,52-,53-,54+,55-,56+/m1/s1. The molecule has 9 rings (SSSR count). The van der Waals surface area contributed by atoms with Gasteiger partial charge < -0.3 is 14.8 Å². The highest BCUT2D eigenvalue weighted by Crippen LogP contribution is 2.77. The Balaban J connectivity index is 0.920. The highest BCUT2D eigenvalue weighted by Gasteiger charge is 2.70. The van der Waals surface area contributed by atoms with E-state index in [4.69, 9.17) is 9.47 Å². The Bertz CT molecular complexity index is 2190. The van der Waals surface area contributed by atoms with Gasteiger partial charge in [-0.2, -0.15) is 0 Å². The van der Waals surface area contributed by atoms with E-state index in [1.165, 1.54) is 87.2 Å². The summed E-state index contributed by atoms with van der Waals surface area (Å²) in [5.41, 5.74) is 5.11. The first-order valence-electron chi connectivity index (χ1n) is 25.6. The molecule has 0 heterocycles. The second kappa shape index (κ2) is 16.2. The molecule has 64 heavy (non-hydrogen) atoms.